The summed E-state index contributed by atoms with van der Waals surface area (Å²) in [5.41, 5.74) is 0.932. The third kappa shape index (κ3) is 4.10. The van der Waals surface area contributed by atoms with Crippen molar-refractivity contribution in [3.8, 4) is 0 Å². The Bertz CT molecular complexity index is 594. The van der Waals surface area contributed by atoms with E-state index in [0.29, 0.717) is 12.1 Å². The number of benzene rings is 1. The molecule has 1 N–H and O–H groups in total. The topological polar surface area (TPSA) is 36.4 Å². The van der Waals surface area contributed by atoms with Crippen molar-refractivity contribution in [3.63, 3.8) is 0 Å². The minimum Gasteiger partial charge on any atom is -0.380 e. The molecule has 1 saturated heterocycles. The maximum absolute atomic E-state index is 11.6. The first kappa shape index (κ1) is 18.1. The number of aromatic nitrogens is 1. The van der Waals surface area contributed by atoms with Gasteiger partial charge in [0.15, 0.2) is 0 Å². The van der Waals surface area contributed by atoms with Gasteiger partial charge in [0.1, 0.15) is 5.60 Å². The molecule has 25 heavy (non-hydrogen) atoms. The molecule has 1 aliphatic heterocycles. The Hall–Kier alpha value is -1.71. The van der Waals surface area contributed by atoms with E-state index in [1.165, 1.54) is 19.3 Å². The molecule has 0 aliphatic carbocycles. The maximum atomic E-state index is 11.6. The molecular weight excluding hydrogens is 308 g/mol. The molecule has 1 fully saturated rings. The van der Waals surface area contributed by atoms with Crippen molar-refractivity contribution in [2.45, 2.75) is 63.6 Å². The van der Waals surface area contributed by atoms with Gasteiger partial charge < -0.3 is 5.11 Å². The summed E-state index contributed by atoms with van der Waals surface area (Å²) < 4.78 is 0. The Kier molecular flexibility index (Phi) is 5.87. The standard InChI is InChI=1S/C22H30N2O/c1-18-8-6-9-19(2)24(18)17-7-14-22(25,20-10-4-3-5-11-20)21-12-15-23-16-13-21/h3-5,10-13,15-16,18-19,25H,6-9,14,17H2,1-2H3. The average Bonchev–Trinajstić information content (AvgIpc) is 2.65. The van der Waals surface area contributed by atoms with Gasteiger partial charge in [-0.25, -0.2) is 0 Å². The highest BCUT2D eigenvalue weighted by atomic mass is 16.3. The monoisotopic (exact) mass is 338 g/mol. The zero-order valence-corrected chi connectivity index (χ0v) is 15.4. The molecule has 3 nitrogen and oxygen atoms in total. The predicted molar refractivity (Wildman–Crippen MR) is 102 cm³/mol. The number of nitrogens with zero attached hydrogens (tertiary/aromatic N) is 2. The summed E-state index contributed by atoms with van der Waals surface area (Å²) in [4.78, 5) is 6.72. The van der Waals surface area contributed by atoms with E-state index >= 15 is 0 Å². The van der Waals surface area contributed by atoms with Crippen LogP contribution in [0.2, 0.25) is 0 Å². The van der Waals surface area contributed by atoms with Crippen molar-refractivity contribution in [1.29, 1.82) is 0 Å². The first-order valence-corrected chi connectivity index (χ1v) is 9.55. The van der Waals surface area contributed by atoms with Gasteiger partial charge in [-0.1, -0.05) is 36.8 Å². The molecule has 134 valence electrons. The van der Waals surface area contributed by atoms with E-state index in [1.54, 1.807) is 12.4 Å². The molecule has 0 spiro atoms. The molecule has 0 saturated carbocycles. The lowest BCUT2D eigenvalue weighted by Crippen LogP contribution is -2.44. The lowest BCUT2D eigenvalue weighted by Gasteiger charge is -2.39. The van der Waals surface area contributed by atoms with Crippen LogP contribution in [0.3, 0.4) is 0 Å². The fraction of sp³-hybridized carbons (Fsp3) is 0.500. The van der Waals surface area contributed by atoms with Gasteiger partial charge in [0, 0.05) is 24.5 Å². The van der Waals surface area contributed by atoms with E-state index in [1.807, 2.05) is 42.5 Å². The highest BCUT2D eigenvalue weighted by Gasteiger charge is 2.32. The number of hydrogen-bond donors (Lipinski definition) is 1. The summed E-state index contributed by atoms with van der Waals surface area (Å²) in [5.74, 6) is 0. The largest absolute Gasteiger partial charge is 0.380 e. The van der Waals surface area contributed by atoms with Crippen LogP contribution in [0.15, 0.2) is 54.9 Å². The molecule has 1 aromatic carbocycles. The van der Waals surface area contributed by atoms with Gasteiger partial charge in [-0.15, -0.1) is 0 Å². The van der Waals surface area contributed by atoms with Crippen molar-refractivity contribution in [2.24, 2.45) is 0 Å². The zero-order chi connectivity index (χ0) is 17.7. The molecule has 3 heteroatoms. The van der Waals surface area contributed by atoms with Gasteiger partial charge in [0.25, 0.3) is 0 Å². The maximum Gasteiger partial charge on any atom is 0.115 e. The van der Waals surface area contributed by atoms with Crippen LogP contribution >= 0.6 is 0 Å². The van der Waals surface area contributed by atoms with E-state index in [9.17, 15) is 5.11 Å². The number of aliphatic hydroxyl groups is 1. The van der Waals surface area contributed by atoms with Crippen molar-refractivity contribution in [2.75, 3.05) is 6.54 Å². The quantitative estimate of drug-likeness (QED) is 0.850. The Morgan fingerprint density at radius 1 is 1.00 bits per heavy atom. The number of likely N-dealkylation sites (tertiary alicyclic amines) is 1. The average molecular weight is 338 g/mol. The lowest BCUT2D eigenvalue weighted by atomic mass is 9.83. The highest BCUT2D eigenvalue weighted by molar-refractivity contribution is 5.34. The van der Waals surface area contributed by atoms with Gasteiger partial charge in [-0.2, -0.15) is 0 Å². The van der Waals surface area contributed by atoms with Crippen molar-refractivity contribution in [3.05, 3.63) is 66.0 Å². The van der Waals surface area contributed by atoms with Crippen LogP contribution in [-0.4, -0.2) is 33.6 Å². The SMILES string of the molecule is CC1CCCC(C)N1CCCC(O)(c1ccccc1)c1ccncc1. The minimum absolute atomic E-state index is 0.648. The number of pyridine rings is 1. The molecule has 3 atom stereocenters. The fourth-order valence-electron chi connectivity index (χ4n) is 4.23. The van der Waals surface area contributed by atoms with Crippen LogP contribution in [0.25, 0.3) is 0 Å². The summed E-state index contributed by atoms with van der Waals surface area (Å²) in [6, 6.07) is 15.2. The molecule has 2 heterocycles. The van der Waals surface area contributed by atoms with Crippen molar-refractivity contribution >= 4 is 0 Å². The van der Waals surface area contributed by atoms with E-state index in [0.717, 1.165) is 30.5 Å². The van der Waals surface area contributed by atoms with Crippen LogP contribution in [-0.2, 0) is 5.60 Å². The lowest BCUT2D eigenvalue weighted by molar-refractivity contribution is 0.0521. The molecule has 0 radical (unpaired) electrons. The van der Waals surface area contributed by atoms with Gasteiger partial charge in [-0.3, -0.25) is 9.88 Å². The van der Waals surface area contributed by atoms with Gasteiger partial charge in [0.05, 0.1) is 0 Å². The summed E-state index contributed by atoms with van der Waals surface area (Å²) in [6.07, 6.45) is 9.13. The van der Waals surface area contributed by atoms with E-state index in [4.69, 9.17) is 0 Å². The second kappa shape index (κ2) is 8.11. The molecule has 3 unspecified atom stereocenters. The number of rotatable bonds is 6. The Labute approximate surface area is 151 Å². The summed E-state index contributed by atoms with van der Waals surface area (Å²) in [6.45, 7) is 5.71. The van der Waals surface area contributed by atoms with E-state index in [-0.39, 0.29) is 0 Å². The van der Waals surface area contributed by atoms with Gasteiger partial charge in [0.2, 0.25) is 0 Å². The van der Waals surface area contributed by atoms with Gasteiger partial charge in [-0.05, 0) is 69.3 Å². The van der Waals surface area contributed by atoms with Gasteiger partial charge >= 0.3 is 0 Å². The Balaban J connectivity index is 1.75. The first-order valence-electron chi connectivity index (χ1n) is 9.55. The zero-order valence-electron chi connectivity index (χ0n) is 15.4. The molecule has 1 aliphatic rings. The van der Waals surface area contributed by atoms with Crippen LogP contribution < -0.4 is 0 Å². The fourth-order valence-corrected chi connectivity index (χ4v) is 4.23. The third-order valence-electron chi connectivity index (χ3n) is 5.74. The number of hydrogen-bond acceptors (Lipinski definition) is 3. The molecule has 3 rings (SSSR count). The van der Waals surface area contributed by atoms with Crippen LogP contribution in [0.5, 0.6) is 0 Å². The van der Waals surface area contributed by atoms with Crippen LogP contribution in [0, 0.1) is 0 Å². The van der Waals surface area contributed by atoms with Crippen molar-refractivity contribution in [1.82, 2.24) is 9.88 Å². The van der Waals surface area contributed by atoms with Crippen LogP contribution in [0.4, 0.5) is 0 Å². The predicted octanol–water partition coefficient (Wildman–Crippen LogP) is 4.36. The summed E-state index contributed by atoms with van der Waals surface area (Å²) in [7, 11) is 0. The molecule has 0 bridgehead atoms. The van der Waals surface area contributed by atoms with E-state index in [2.05, 4.69) is 23.7 Å². The van der Waals surface area contributed by atoms with Crippen LogP contribution in [0.1, 0.15) is 57.1 Å². The molecule has 2 aromatic rings. The van der Waals surface area contributed by atoms with Crippen molar-refractivity contribution < 1.29 is 5.11 Å². The summed E-state index contributed by atoms with van der Waals surface area (Å²) in [5, 5.41) is 11.6. The highest BCUT2D eigenvalue weighted by Crippen LogP contribution is 2.34. The number of piperidine rings is 1. The molecule has 1 aromatic heterocycles. The smallest absolute Gasteiger partial charge is 0.115 e. The molecule has 0 amide bonds. The Morgan fingerprint density at radius 2 is 1.60 bits per heavy atom. The third-order valence-corrected chi connectivity index (χ3v) is 5.74. The second-order valence-corrected chi connectivity index (χ2v) is 7.43. The molecular formula is C22H30N2O. The minimum atomic E-state index is -0.952. The summed E-state index contributed by atoms with van der Waals surface area (Å²) >= 11 is 0. The van der Waals surface area contributed by atoms with E-state index < -0.39 is 5.60 Å². The first-order chi connectivity index (χ1) is 12.1. The normalized spacial score (nSPS) is 24.0. The second-order valence-electron chi connectivity index (χ2n) is 7.43. The Morgan fingerprint density at radius 3 is 2.24 bits per heavy atom.